The Morgan fingerprint density at radius 2 is 1.73 bits per heavy atom. The monoisotopic (exact) mass is 947 g/mol. The van der Waals surface area contributed by atoms with Crippen molar-refractivity contribution in [1.82, 2.24) is 19.6 Å². The number of halogens is 4. The molecule has 7 rings (SSSR count). The number of carbonyl (C=O) groups excluding carboxylic acids is 2. The molecule has 1 aliphatic heterocycles. The highest BCUT2D eigenvalue weighted by atomic mass is 32.2. The van der Waals surface area contributed by atoms with Crippen molar-refractivity contribution in [3.63, 3.8) is 0 Å². The lowest BCUT2D eigenvalue weighted by Gasteiger charge is -2.29. The van der Waals surface area contributed by atoms with Crippen LogP contribution in [0.4, 0.5) is 33.5 Å². The number of nitrogens with one attached hydrogen (secondary N) is 3. The summed E-state index contributed by atoms with van der Waals surface area (Å²) in [6.07, 6.45) is 0.905. The molecule has 0 bridgehead atoms. The van der Waals surface area contributed by atoms with Crippen LogP contribution in [0, 0.1) is 5.82 Å². The Labute approximate surface area is 366 Å². The SMILES string of the molecule is CN(C)CC[C@H](CSc1ccccc1)Nc1ccc(S(=O)(=O)NC(=O)c2csc(N3CCc4cccc(C(=O)Nc5nc6ccc(F)cc6s5)c4C3)n2)cc1S(=O)(=O)C(F)(F)F. The molecule has 62 heavy (non-hydrogen) atoms. The van der Waals surface area contributed by atoms with Gasteiger partial charge in [0, 0.05) is 40.7 Å². The topological polar surface area (TPSA) is 171 Å². The molecule has 2 aromatic heterocycles. The molecular weight excluding hydrogens is 911 g/mol. The van der Waals surface area contributed by atoms with E-state index in [-0.39, 0.29) is 17.4 Å². The molecule has 6 aromatic rings. The van der Waals surface area contributed by atoms with Crippen LogP contribution in [-0.2, 0) is 32.8 Å². The third-order valence-corrected chi connectivity index (χ3v) is 15.5. The van der Waals surface area contributed by atoms with Crippen molar-refractivity contribution in [2.45, 2.75) is 45.6 Å². The van der Waals surface area contributed by atoms with Gasteiger partial charge in [0.15, 0.2) is 10.3 Å². The van der Waals surface area contributed by atoms with Crippen LogP contribution >= 0.6 is 34.4 Å². The van der Waals surface area contributed by atoms with Gasteiger partial charge in [-0.25, -0.2) is 35.9 Å². The van der Waals surface area contributed by atoms with Gasteiger partial charge < -0.3 is 15.1 Å². The molecule has 0 fully saturated rings. The van der Waals surface area contributed by atoms with Gasteiger partial charge in [-0.05, 0) is 99.2 Å². The van der Waals surface area contributed by atoms with Crippen LogP contribution < -0.4 is 20.3 Å². The van der Waals surface area contributed by atoms with Gasteiger partial charge >= 0.3 is 5.51 Å². The van der Waals surface area contributed by atoms with Crippen LogP contribution in [0.25, 0.3) is 10.2 Å². The summed E-state index contributed by atoms with van der Waals surface area (Å²) < 4.78 is 111. The van der Waals surface area contributed by atoms with Crippen LogP contribution in [-0.4, -0.2) is 88.0 Å². The Morgan fingerprint density at radius 3 is 2.47 bits per heavy atom. The summed E-state index contributed by atoms with van der Waals surface area (Å²) in [6, 6.07) is 20.3. The van der Waals surface area contributed by atoms with Gasteiger partial charge in [0.25, 0.3) is 31.7 Å². The van der Waals surface area contributed by atoms with E-state index >= 15 is 0 Å². The summed E-state index contributed by atoms with van der Waals surface area (Å²) in [5.41, 5.74) is -4.06. The predicted molar refractivity (Wildman–Crippen MR) is 233 cm³/mol. The molecule has 0 aliphatic carbocycles. The zero-order valence-electron chi connectivity index (χ0n) is 32.8. The van der Waals surface area contributed by atoms with Gasteiger partial charge in [-0.1, -0.05) is 41.7 Å². The maximum absolute atomic E-state index is 14.1. The molecule has 2 amide bonds. The van der Waals surface area contributed by atoms with Crippen LogP contribution in [0.15, 0.2) is 105 Å². The number of thioether (sulfide) groups is 1. The fraction of sp³-hybridized carbons (Fsp3) is 0.250. The van der Waals surface area contributed by atoms with E-state index < -0.39 is 64.5 Å². The van der Waals surface area contributed by atoms with Crippen molar-refractivity contribution in [3.8, 4) is 0 Å². The third kappa shape index (κ3) is 10.2. The summed E-state index contributed by atoms with van der Waals surface area (Å²) in [4.78, 5) is 37.9. The number of hydrogen-bond donors (Lipinski definition) is 3. The van der Waals surface area contributed by atoms with E-state index in [1.807, 2.05) is 55.4 Å². The smallest absolute Gasteiger partial charge is 0.380 e. The molecule has 0 spiro atoms. The van der Waals surface area contributed by atoms with Crippen molar-refractivity contribution >= 4 is 92.3 Å². The largest absolute Gasteiger partial charge is 0.501 e. The molecule has 0 radical (unpaired) electrons. The zero-order chi connectivity index (χ0) is 44.4. The number of anilines is 3. The molecule has 3 N–H and O–H groups in total. The van der Waals surface area contributed by atoms with Gasteiger partial charge in [0.1, 0.15) is 16.4 Å². The predicted octanol–water partition coefficient (Wildman–Crippen LogP) is 7.64. The number of nitrogens with zero attached hydrogens (tertiary/aromatic N) is 4. The van der Waals surface area contributed by atoms with Crippen molar-refractivity contribution in [1.29, 1.82) is 0 Å². The van der Waals surface area contributed by atoms with Crippen LogP contribution in [0.3, 0.4) is 0 Å². The minimum atomic E-state index is -6.09. The lowest BCUT2D eigenvalue weighted by Crippen LogP contribution is -2.33. The second kappa shape index (κ2) is 18.3. The molecule has 1 atom stereocenters. The number of amides is 2. The summed E-state index contributed by atoms with van der Waals surface area (Å²) in [5.74, 6) is -1.73. The molecule has 22 heteroatoms. The van der Waals surface area contributed by atoms with E-state index in [0.717, 1.165) is 45.3 Å². The van der Waals surface area contributed by atoms with Gasteiger partial charge in [-0.15, -0.1) is 23.1 Å². The lowest BCUT2D eigenvalue weighted by atomic mass is 9.94. The van der Waals surface area contributed by atoms with E-state index in [9.17, 15) is 44.0 Å². The maximum Gasteiger partial charge on any atom is 0.501 e. The fourth-order valence-corrected chi connectivity index (χ4v) is 11.2. The molecule has 1 aliphatic rings. The number of benzene rings is 4. The van der Waals surface area contributed by atoms with Crippen molar-refractivity contribution in [3.05, 3.63) is 119 Å². The number of fused-ring (bicyclic) bond motifs is 2. The molecule has 13 nitrogen and oxygen atoms in total. The highest BCUT2D eigenvalue weighted by Gasteiger charge is 2.48. The Kier molecular flexibility index (Phi) is 13.3. The van der Waals surface area contributed by atoms with Crippen LogP contribution in [0.5, 0.6) is 0 Å². The van der Waals surface area contributed by atoms with Crippen LogP contribution in [0.2, 0.25) is 0 Å². The average molecular weight is 948 g/mol. The summed E-state index contributed by atoms with van der Waals surface area (Å²) in [5, 5.41) is 7.61. The molecular formula is C40H37F4N7O6S5. The second-order valence-corrected chi connectivity index (χ2v) is 20.9. The van der Waals surface area contributed by atoms with E-state index in [0.29, 0.717) is 64.2 Å². The van der Waals surface area contributed by atoms with Crippen LogP contribution in [0.1, 0.15) is 38.4 Å². The van der Waals surface area contributed by atoms with Gasteiger partial charge in [-0.3, -0.25) is 14.9 Å². The summed E-state index contributed by atoms with van der Waals surface area (Å²) >= 11 is 3.56. The number of sulfone groups is 1. The molecule has 3 heterocycles. The molecule has 0 unspecified atom stereocenters. The van der Waals surface area contributed by atoms with E-state index in [1.165, 1.54) is 35.3 Å². The minimum absolute atomic E-state index is 0.203. The number of alkyl halides is 3. The standard InChI is InChI=1S/C40H37F4N7O6S5/c1-50(2)17-16-26(22-58-27-8-4-3-5-9-27)45-32-14-12-28(20-35(32)61(54,55)40(42,43)44)62(56,57)49-37(53)33-23-59-39(47-33)51-18-15-24-7-6-10-29(30(24)21-51)36(52)48-38-46-31-13-11-25(41)19-34(31)60-38/h3-14,19-20,23,26,45H,15-18,21-22H2,1-2H3,(H,49,53)(H,46,48,52)/t26-/m1/s1. The number of sulfonamides is 1. The van der Waals surface area contributed by atoms with Gasteiger partial charge in [-0.2, -0.15) is 13.2 Å². The number of hydrogen-bond acceptors (Lipinski definition) is 14. The summed E-state index contributed by atoms with van der Waals surface area (Å²) in [6.45, 7) is 1.14. The Morgan fingerprint density at radius 1 is 0.952 bits per heavy atom. The summed E-state index contributed by atoms with van der Waals surface area (Å²) in [7, 11) is -7.41. The Balaban J connectivity index is 1.08. The van der Waals surface area contributed by atoms with Crippen molar-refractivity contribution < 1.29 is 44.0 Å². The number of rotatable bonds is 15. The highest BCUT2D eigenvalue weighted by Crippen LogP contribution is 2.37. The molecule has 0 saturated carbocycles. The normalized spacial score (nSPS) is 13.8. The first-order valence-electron chi connectivity index (χ1n) is 18.7. The molecule has 0 saturated heterocycles. The van der Waals surface area contributed by atoms with Crippen molar-refractivity contribution in [2.75, 3.05) is 48.5 Å². The quantitative estimate of drug-likeness (QED) is 0.0680. The molecule has 4 aromatic carbocycles. The first-order valence-corrected chi connectivity index (χ1v) is 24.3. The number of thiazole rings is 2. The minimum Gasteiger partial charge on any atom is -0.380 e. The fourth-order valence-electron chi connectivity index (χ4n) is 6.50. The lowest BCUT2D eigenvalue weighted by molar-refractivity contribution is -0.0436. The number of aromatic nitrogens is 2. The first kappa shape index (κ1) is 44.9. The van der Waals surface area contributed by atoms with E-state index in [4.69, 9.17) is 0 Å². The van der Waals surface area contributed by atoms with Crippen molar-refractivity contribution in [2.24, 2.45) is 0 Å². The maximum atomic E-state index is 14.1. The number of carbonyl (C=O) groups is 2. The third-order valence-electron chi connectivity index (χ3n) is 9.65. The van der Waals surface area contributed by atoms with Gasteiger partial charge in [0.2, 0.25) is 0 Å². The highest BCUT2D eigenvalue weighted by molar-refractivity contribution is 7.99. The van der Waals surface area contributed by atoms with Gasteiger partial charge in [0.05, 0.1) is 20.8 Å². The van der Waals surface area contributed by atoms with E-state index in [1.54, 1.807) is 21.8 Å². The average Bonchev–Trinajstić information content (AvgIpc) is 3.88. The molecule has 326 valence electrons. The Hall–Kier alpha value is -5.13. The Bertz CT molecular complexity index is 2860. The zero-order valence-corrected chi connectivity index (χ0v) is 36.9. The van der Waals surface area contributed by atoms with E-state index in [2.05, 4.69) is 20.6 Å². The second-order valence-electron chi connectivity index (χ2n) is 14.3. The first-order chi connectivity index (χ1) is 29.4.